The van der Waals surface area contributed by atoms with Gasteiger partial charge >= 0.3 is 0 Å². The Kier molecular flexibility index (Phi) is 4.82. The largest absolute Gasteiger partial charge is 0.414 e. The van der Waals surface area contributed by atoms with Gasteiger partial charge in [0.1, 0.15) is 0 Å². The SMILES string of the molecule is CC(N)NCc1ccccc1CO[Si]. The molecule has 4 heteroatoms. The lowest BCUT2D eigenvalue weighted by Gasteiger charge is -2.11. The van der Waals surface area contributed by atoms with E-state index in [0.717, 1.165) is 12.1 Å². The minimum Gasteiger partial charge on any atom is -0.414 e. The normalized spacial score (nSPS) is 12.8. The maximum atomic E-state index is 5.61. The molecule has 0 aliphatic heterocycles. The van der Waals surface area contributed by atoms with E-state index in [0.29, 0.717) is 6.61 Å². The fourth-order valence-corrected chi connectivity index (χ4v) is 1.37. The summed E-state index contributed by atoms with van der Waals surface area (Å²) in [6.45, 7) is 3.25. The first-order valence-electron chi connectivity index (χ1n) is 4.58. The van der Waals surface area contributed by atoms with Crippen molar-refractivity contribution in [1.82, 2.24) is 5.32 Å². The molecule has 0 bridgehead atoms. The summed E-state index contributed by atoms with van der Waals surface area (Å²) in [5.41, 5.74) is 7.99. The molecule has 14 heavy (non-hydrogen) atoms. The van der Waals surface area contributed by atoms with E-state index in [4.69, 9.17) is 10.2 Å². The van der Waals surface area contributed by atoms with Crippen LogP contribution in [0.2, 0.25) is 0 Å². The zero-order valence-electron chi connectivity index (χ0n) is 8.29. The van der Waals surface area contributed by atoms with Gasteiger partial charge < -0.3 is 10.2 Å². The van der Waals surface area contributed by atoms with Gasteiger partial charge in [-0.25, -0.2) is 0 Å². The average Bonchev–Trinajstić information content (AvgIpc) is 2.17. The van der Waals surface area contributed by atoms with Gasteiger partial charge in [-0.3, -0.25) is 5.32 Å². The lowest BCUT2D eigenvalue weighted by Crippen LogP contribution is -2.33. The van der Waals surface area contributed by atoms with Crippen molar-refractivity contribution >= 4 is 10.5 Å². The molecule has 1 aromatic carbocycles. The summed E-state index contributed by atoms with van der Waals surface area (Å²) in [7, 11) is 3.00. The molecule has 0 amide bonds. The fourth-order valence-electron chi connectivity index (χ4n) is 1.22. The highest BCUT2D eigenvalue weighted by Crippen LogP contribution is 2.09. The van der Waals surface area contributed by atoms with Crippen LogP contribution < -0.4 is 11.1 Å². The van der Waals surface area contributed by atoms with Crippen LogP contribution >= 0.6 is 0 Å². The average molecular weight is 207 g/mol. The minimum atomic E-state index is 0.00692. The molecular formula is C10H15N2OSi. The molecule has 1 atom stereocenters. The van der Waals surface area contributed by atoms with E-state index in [9.17, 15) is 0 Å². The smallest absolute Gasteiger partial charge is 0.246 e. The van der Waals surface area contributed by atoms with E-state index in [-0.39, 0.29) is 6.17 Å². The third-order valence-corrected chi connectivity index (χ3v) is 2.10. The molecule has 3 N–H and O–H groups in total. The summed E-state index contributed by atoms with van der Waals surface area (Å²) in [6.07, 6.45) is 0.00692. The summed E-state index contributed by atoms with van der Waals surface area (Å²) in [5.74, 6) is 0. The Balaban J connectivity index is 2.64. The van der Waals surface area contributed by atoms with Crippen LogP contribution in [0.3, 0.4) is 0 Å². The molecule has 0 saturated heterocycles. The van der Waals surface area contributed by atoms with E-state index in [2.05, 4.69) is 21.9 Å². The lowest BCUT2D eigenvalue weighted by molar-refractivity contribution is 0.336. The van der Waals surface area contributed by atoms with Crippen LogP contribution in [0.25, 0.3) is 0 Å². The number of nitrogens with two attached hydrogens (primary N) is 1. The van der Waals surface area contributed by atoms with E-state index >= 15 is 0 Å². The van der Waals surface area contributed by atoms with E-state index in [1.807, 2.05) is 25.1 Å². The summed E-state index contributed by atoms with van der Waals surface area (Å²) in [5, 5.41) is 3.17. The van der Waals surface area contributed by atoms with Crippen molar-refractivity contribution in [3.05, 3.63) is 35.4 Å². The highest BCUT2D eigenvalue weighted by molar-refractivity contribution is 5.97. The Morgan fingerprint density at radius 2 is 2.07 bits per heavy atom. The van der Waals surface area contributed by atoms with Gasteiger partial charge in [0.05, 0.1) is 12.8 Å². The quantitative estimate of drug-likeness (QED) is 0.551. The molecule has 0 aliphatic carbocycles. The van der Waals surface area contributed by atoms with Gasteiger partial charge in [0.15, 0.2) is 0 Å². The maximum Gasteiger partial charge on any atom is 0.246 e. The Labute approximate surface area is 88.2 Å². The monoisotopic (exact) mass is 207 g/mol. The molecule has 1 aromatic rings. The zero-order valence-corrected chi connectivity index (χ0v) is 9.29. The molecule has 0 heterocycles. The topological polar surface area (TPSA) is 47.3 Å². The first-order valence-corrected chi connectivity index (χ1v) is 4.99. The predicted molar refractivity (Wildman–Crippen MR) is 57.5 cm³/mol. The molecule has 75 valence electrons. The van der Waals surface area contributed by atoms with E-state index in [1.165, 1.54) is 5.56 Å². The van der Waals surface area contributed by atoms with Crippen LogP contribution in [0.1, 0.15) is 18.1 Å². The molecule has 3 nitrogen and oxygen atoms in total. The van der Waals surface area contributed by atoms with Crippen LogP contribution in [0.5, 0.6) is 0 Å². The molecule has 3 radical (unpaired) electrons. The highest BCUT2D eigenvalue weighted by atomic mass is 28.2. The second-order valence-electron chi connectivity index (χ2n) is 3.23. The van der Waals surface area contributed by atoms with Crippen LogP contribution in [-0.4, -0.2) is 16.7 Å². The van der Waals surface area contributed by atoms with Gasteiger partial charge in [0.25, 0.3) is 0 Å². The van der Waals surface area contributed by atoms with Crippen molar-refractivity contribution in [3.63, 3.8) is 0 Å². The van der Waals surface area contributed by atoms with Gasteiger partial charge in [-0.05, 0) is 18.1 Å². The van der Waals surface area contributed by atoms with Gasteiger partial charge in [0, 0.05) is 6.54 Å². The number of hydrogen-bond acceptors (Lipinski definition) is 3. The number of hydrogen-bond donors (Lipinski definition) is 2. The minimum absolute atomic E-state index is 0.00692. The third-order valence-electron chi connectivity index (χ3n) is 1.96. The molecular weight excluding hydrogens is 192 g/mol. The summed E-state index contributed by atoms with van der Waals surface area (Å²) < 4.78 is 4.92. The standard InChI is InChI=1S/C10H15N2OSi/c1-8(11)12-6-9-4-2-3-5-10(9)7-13-14/h2-5,8,12H,6-7,11H2,1H3. The van der Waals surface area contributed by atoms with Gasteiger partial charge in [-0.1, -0.05) is 24.3 Å². The first-order chi connectivity index (χ1) is 6.74. The number of nitrogens with one attached hydrogen (secondary N) is 1. The van der Waals surface area contributed by atoms with Crippen LogP contribution in [0, 0.1) is 0 Å². The van der Waals surface area contributed by atoms with Crippen molar-refractivity contribution in [1.29, 1.82) is 0 Å². The summed E-state index contributed by atoms with van der Waals surface area (Å²) in [6, 6.07) is 8.11. The first kappa shape index (κ1) is 11.4. The second kappa shape index (κ2) is 5.92. The van der Waals surface area contributed by atoms with Crippen LogP contribution in [0.15, 0.2) is 24.3 Å². The fraction of sp³-hybridized carbons (Fsp3) is 0.400. The molecule has 0 saturated carbocycles. The Hall–Kier alpha value is -0.683. The maximum absolute atomic E-state index is 5.61. The van der Waals surface area contributed by atoms with Crippen LogP contribution in [0.4, 0.5) is 0 Å². The molecule has 0 spiro atoms. The van der Waals surface area contributed by atoms with Crippen molar-refractivity contribution in [2.45, 2.75) is 26.2 Å². The van der Waals surface area contributed by atoms with Crippen molar-refractivity contribution in [3.8, 4) is 0 Å². The van der Waals surface area contributed by atoms with E-state index < -0.39 is 0 Å². The van der Waals surface area contributed by atoms with E-state index in [1.54, 1.807) is 0 Å². The van der Waals surface area contributed by atoms with Gasteiger partial charge in [-0.2, -0.15) is 0 Å². The predicted octanol–water partition coefficient (Wildman–Crippen LogP) is 0.681. The van der Waals surface area contributed by atoms with Gasteiger partial charge in [-0.15, -0.1) is 0 Å². The summed E-state index contributed by atoms with van der Waals surface area (Å²) >= 11 is 0. The Bertz CT molecular complexity index is 279. The highest BCUT2D eigenvalue weighted by Gasteiger charge is 2.01. The Morgan fingerprint density at radius 1 is 1.43 bits per heavy atom. The van der Waals surface area contributed by atoms with Crippen molar-refractivity contribution < 1.29 is 4.43 Å². The number of benzene rings is 1. The number of rotatable bonds is 5. The van der Waals surface area contributed by atoms with Gasteiger partial charge in [0.2, 0.25) is 10.5 Å². The zero-order chi connectivity index (χ0) is 10.4. The van der Waals surface area contributed by atoms with Crippen molar-refractivity contribution in [2.75, 3.05) is 0 Å². The summed E-state index contributed by atoms with van der Waals surface area (Å²) in [4.78, 5) is 0. The van der Waals surface area contributed by atoms with Crippen molar-refractivity contribution in [2.24, 2.45) is 5.73 Å². The lowest BCUT2D eigenvalue weighted by atomic mass is 10.1. The third kappa shape index (κ3) is 3.59. The molecule has 0 aromatic heterocycles. The molecule has 1 unspecified atom stereocenters. The Morgan fingerprint density at radius 3 is 2.64 bits per heavy atom. The molecule has 1 rings (SSSR count). The molecule has 0 fully saturated rings. The second-order valence-corrected chi connectivity index (χ2v) is 3.52. The molecule has 0 aliphatic rings. The van der Waals surface area contributed by atoms with Crippen LogP contribution in [-0.2, 0) is 17.6 Å².